The van der Waals surface area contributed by atoms with Gasteiger partial charge in [-0.15, -0.1) is 0 Å². The van der Waals surface area contributed by atoms with Crippen molar-refractivity contribution in [2.75, 3.05) is 5.32 Å². The maximum absolute atomic E-state index is 11.3. The van der Waals surface area contributed by atoms with Crippen molar-refractivity contribution in [1.29, 1.82) is 0 Å². The molecule has 7 nitrogen and oxygen atoms in total. The third-order valence-corrected chi connectivity index (χ3v) is 4.12. The van der Waals surface area contributed by atoms with E-state index in [0.29, 0.717) is 12.2 Å². The maximum atomic E-state index is 11.3. The SMILES string of the molecule is Cc1cc(S(N)(=O)=O)ccc1CNc1ccccc1[N+](=O)[O-]. The van der Waals surface area contributed by atoms with Crippen LogP contribution in [0.4, 0.5) is 11.4 Å². The van der Waals surface area contributed by atoms with E-state index >= 15 is 0 Å². The summed E-state index contributed by atoms with van der Waals surface area (Å²) in [5, 5.41) is 19.0. The van der Waals surface area contributed by atoms with Crippen molar-refractivity contribution in [2.45, 2.75) is 18.4 Å². The molecule has 0 unspecified atom stereocenters. The Bertz CT molecular complexity index is 819. The molecule has 0 radical (unpaired) electrons. The standard InChI is InChI=1S/C14H15N3O4S/c1-10-8-12(22(15,20)21)7-6-11(10)9-16-13-4-2-3-5-14(13)17(18)19/h2-8,16H,9H2,1H3,(H2,15,20,21). The van der Waals surface area contributed by atoms with E-state index in [9.17, 15) is 18.5 Å². The average molecular weight is 321 g/mol. The van der Waals surface area contributed by atoms with Crippen molar-refractivity contribution in [3.63, 3.8) is 0 Å². The molecule has 8 heteroatoms. The molecular weight excluding hydrogens is 306 g/mol. The average Bonchev–Trinajstić information content (AvgIpc) is 2.45. The first kappa shape index (κ1) is 15.9. The van der Waals surface area contributed by atoms with Gasteiger partial charge in [0.1, 0.15) is 5.69 Å². The van der Waals surface area contributed by atoms with Gasteiger partial charge in [-0.1, -0.05) is 18.2 Å². The predicted molar refractivity (Wildman–Crippen MR) is 83.0 cm³/mol. The number of nitrogens with zero attached hydrogens (tertiary/aromatic N) is 1. The number of hydrogen-bond donors (Lipinski definition) is 2. The number of anilines is 1. The van der Waals surface area contributed by atoms with Gasteiger partial charge in [-0.25, -0.2) is 13.6 Å². The summed E-state index contributed by atoms with van der Waals surface area (Å²) < 4.78 is 22.6. The molecule has 0 aromatic heterocycles. The predicted octanol–water partition coefficient (Wildman–Crippen LogP) is 2.16. The highest BCUT2D eigenvalue weighted by atomic mass is 32.2. The van der Waals surface area contributed by atoms with E-state index in [1.807, 2.05) is 0 Å². The summed E-state index contributed by atoms with van der Waals surface area (Å²) in [5.74, 6) is 0. The van der Waals surface area contributed by atoms with Crippen LogP contribution in [0.1, 0.15) is 11.1 Å². The van der Waals surface area contributed by atoms with Gasteiger partial charge >= 0.3 is 0 Å². The number of para-hydroxylation sites is 2. The number of aryl methyl sites for hydroxylation is 1. The van der Waals surface area contributed by atoms with E-state index in [-0.39, 0.29) is 10.6 Å². The smallest absolute Gasteiger partial charge is 0.292 e. The van der Waals surface area contributed by atoms with Gasteiger partial charge in [-0.05, 0) is 36.2 Å². The highest BCUT2D eigenvalue weighted by Gasteiger charge is 2.13. The molecule has 0 spiro atoms. The molecule has 0 aliphatic carbocycles. The lowest BCUT2D eigenvalue weighted by molar-refractivity contribution is -0.384. The third kappa shape index (κ3) is 3.60. The van der Waals surface area contributed by atoms with Crippen LogP contribution in [0, 0.1) is 17.0 Å². The first-order valence-electron chi connectivity index (χ1n) is 6.38. The zero-order chi connectivity index (χ0) is 16.3. The third-order valence-electron chi connectivity index (χ3n) is 3.21. The number of hydrogen-bond acceptors (Lipinski definition) is 5. The van der Waals surface area contributed by atoms with E-state index < -0.39 is 14.9 Å². The summed E-state index contributed by atoms with van der Waals surface area (Å²) in [7, 11) is -3.74. The summed E-state index contributed by atoms with van der Waals surface area (Å²) in [6.07, 6.45) is 0. The van der Waals surface area contributed by atoms with Crippen molar-refractivity contribution in [1.82, 2.24) is 0 Å². The number of nitro groups is 1. The molecule has 2 aromatic rings. The number of sulfonamides is 1. The largest absolute Gasteiger partial charge is 0.375 e. The number of nitrogens with two attached hydrogens (primary N) is 1. The lowest BCUT2D eigenvalue weighted by atomic mass is 10.1. The van der Waals surface area contributed by atoms with E-state index in [0.717, 1.165) is 11.1 Å². The summed E-state index contributed by atoms with van der Waals surface area (Å²) in [6.45, 7) is 2.09. The van der Waals surface area contributed by atoms with Crippen LogP contribution >= 0.6 is 0 Å². The Hall–Kier alpha value is -2.45. The van der Waals surface area contributed by atoms with Gasteiger partial charge in [0, 0.05) is 12.6 Å². The molecule has 0 bridgehead atoms. The molecule has 2 rings (SSSR count). The molecule has 0 fully saturated rings. The first-order valence-corrected chi connectivity index (χ1v) is 7.93. The van der Waals surface area contributed by atoms with Crippen LogP contribution in [0.5, 0.6) is 0 Å². The van der Waals surface area contributed by atoms with E-state index in [2.05, 4.69) is 5.32 Å². The van der Waals surface area contributed by atoms with E-state index in [1.54, 1.807) is 31.2 Å². The van der Waals surface area contributed by atoms with Gasteiger partial charge in [0.15, 0.2) is 0 Å². The minimum atomic E-state index is -3.74. The molecule has 0 aliphatic heterocycles. The molecule has 0 atom stereocenters. The molecule has 0 heterocycles. The fourth-order valence-corrected chi connectivity index (χ4v) is 2.62. The van der Waals surface area contributed by atoms with Crippen molar-refractivity contribution in [3.05, 3.63) is 63.7 Å². The Morgan fingerprint density at radius 1 is 1.23 bits per heavy atom. The molecular formula is C14H15N3O4S. The van der Waals surface area contributed by atoms with Gasteiger partial charge in [0.05, 0.1) is 9.82 Å². The highest BCUT2D eigenvalue weighted by Crippen LogP contribution is 2.24. The van der Waals surface area contributed by atoms with Crippen LogP contribution in [-0.2, 0) is 16.6 Å². The van der Waals surface area contributed by atoms with Gasteiger partial charge in [-0.2, -0.15) is 0 Å². The Labute approximate surface area is 128 Å². The lowest BCUT2D eigenvalue weighted by Gasteiger charge is -2.10. The molecule has 0 amide bonds. The summed E-state index contributed by atoms with van der Waals surface area (Å²) in [6, 6.07) is 10.9. The summed E-state index contributed by atoms with van der Waals surface area (Å²) >= 11 is 0. The van der Waals surface area contributed by atoms with Gasteiger partial charge in [-0.3, -0.25) is 10.1 Å². The highest BCUT2D eigenvalue weighted by molar-refractivity contribution is 7.89. The minimum absolute atomic E-state index is 0.0127. The van der Waals surface area contributed by atoms with Crippen molar-refractivity contribution < 1.29 is 13.3 Å². The zero-order valence-electron chi connectivity index (χ0n) is 11.8. The fraction of sp³-hybridized carbons (Fsp3) is 0.143. The van der Waals surface area contributed by atoms with Gasteiger partial charge < -0.3 is 5.32 Å². The Kier molecular flexibility index (Phi) is 4.43. The van der Waals surface area contributed by atoms with Crippen LogP contribution in [0.25, 0.3) is 0 Å². The van der Waals surface area contributed by atoms with Crippen LogP contribution in [0.15, 0.2) is 47.4 Å². The molecule has 0 saturated heterocycles. The second-order valence-electron chi connectivity index (χ2n) is 4.76. The van der Waals surface area contributed by atoms with E-state index in [1.165, 1.54) is 18.2 Å². The van der Waals surface area contributed by atoms with Crippen LogP contribution < -0.4 is 10.5 Å². The molecule has 0 aliphatic rings. The lowest BCUT2D eigenvalue weighted by Crippen LogP contribution is -2.13. The fourth-order valence-electron chi connectivity index (χ4n) is 2.02. The first-order chi connectivity index (χ1) is 10.3. The number of primary sulfonamides is 1. The Morgan fingerprint density at radius 3 is 2.50 bits per heavy atom. The number of nitrogens with one attached hydrogen (secondary N) is 1. The minimum Gasteiger partial charge on any atom is -0.375 e. The molecule has 3 N–H and O–H groups in total. The second-order valence-corrected chi connectivity index (χ2v) is 6.32. The Morgan fingerprint density at radius 2 is 1.91 bits per heavy atom. The maximum Gasteiger partial charge on any atom is 0.292 e. The van der Waals surface area contributed by atoms with Crippen molar-refractivity contribution in [3.8, 4) is 0 Å². The summed E-state index contributed by atoms with van der Waals surface area (Å²) in [4.78, 5) is 10.5. The van der Waals surface area contributed by atoms with Gasteiger partial charge in [0.25, 0.3) is 5.69 Å². The normalized spacial score (nSPS) is 11.2. The second kappa shape index (κ2) is 6.12. The van der Waals surface area contributed by atoms with Crippen molar-refractivity contribution >= 4 is 21.4 Å². The van der Waals surface area contributed by atoms with Crippen LogP contribution in [-0.4, -0.2) is 13.3 Å². The quantitative estimate of drug-likeness (QED) is 0.646. The molecule has 2 aromatic carbocycles. The van der Waals surface area contributed by atoms with Gasteiger partial charge in [0.2, 0.25) is 10.0 Å². The zero-order valence-corrected chi connectivity index (χ0v) is 12.6. The Balaban J connectivity index is 2.21. The van der Waals surface area contributed by atoms with Crippen molar-refractivity contribution in [2.24, 2.45) is 5.14 Å². The monoisotopic (exact) mass is 321 g/mol. The summed E-state index contributed by atoms with van der Waals surface area (Å²) in [5.41, 5.74) is 1.95. The topological polar surface area (TPSA) is 115 Å². The molecule has 0 saturated carbocycles. The molecule has 22 heavy (non-hydrogen) atoms. The van der Waals surface area contributed by atoms with E-state index in [4.69, 9.17) is 5.14 Å². The number of benzene rings is 2. The molecule has 116 valence electrons. The number of rotatable bonds is 5. The number of nitro benzene ring substituents is 1. The van der Waals surface area contributed by atoms with Crippen LogP contribution in [0.2, 0.25) is 0 Å². The van der Waals surface area contributed by atoms with Crippen LogP contribution in [0.3, 0.4) is 0 Å².